The van der Waals surface area contributed by atoms with E-state index in [1.807, 2.05) is 36.4 Å². The summed E-state index contributed by atoms with van der Waals surface area (Å²) in [6.45, 7) is 0. The first-order valence-corrected chi connectivity index (χ1v) is 9.09. The maximum Gasteiger partial charge on any atom is 0.172 e. The second-order valence-corrected chi connectivity index (χ2v) is 8.21. The summed E-state index contributed by atoms with van der Waals surface area (Å²) in [5, 5.41) is 0. The number of aromatic nitrogens is 2. The second kappa shape index (κ2) is 6.16. The maximum absolute atomic E-state index is 6.02. The van der Waals surface area contributed by atoms with E-state index in [-0.39, 0.29) is 0 Å². The van der Waals surface area contributed by atoms with Gasteiger partial charge >= 0.3 is 0 Å². The Morgan fingerprint density at radius 2 is 1.71 bits per heavy atom. The van der Waals surface area contributed by atoms with E-state index in [0.717, 1.165) is 24.4 Å². The van der Waals surface area contributed by atoms with Gasteiger partial charge in [0, 0.05) is 10.0 Å². The molecule has 3 rings (SSSR count). The molecular formula is C14H8Br3N3S. The highest BCUT2D eigenvalue weighted by molar-refractivity contribution is 9.13. The van der Waals surface area contributed by atoms with Gasteiger partial charge in [0.15, 0.2) is 5.82 Å². The molecule has 0 atom stereocenters. The molecule has 0 spiro atoms. The molecule has 0 aliphatic heterocycles. The second-order valence-electron chi connectivity index (χ2n) is 4.19. The van der Waals surface area contributed by atoms with Crippen molar-refractivity contribution in [3.63, 3.8) is 0 Å². The van der Waals surface area contributed by atoms with Crippen molar-refractivity contribution in [3.8, 4) is 22.0 Å². The van der Waals surface area contributed by atoms with E-state index in [9.17, 15) is 0 Å². The van der Waals surface area contributed by atoms with Crippen LogP contribution in [0, 0.1) is 0 Å². The van der Waals surface area contributed by atoms with E-state index < -0.39 is 0 Å². The van der Waals surface area contributed by atoms with E-state index >= 15 is 0 Å². The SMILES string of the molecule is Nc1nc(-c2cc(Br)c(Br)s2)nc(-c2ccccc2)c1Br. The Hall–Kier alpha value is -0.760. The van der Waals surface area contributed by atoms with Gasteiger partial charge in [0.05, 0.1) is 18.8 Å². The van der Waals surface area contributed by atoms with Gasteiger partial charge < -0.3 is 5.73 Å². The summed E-state index contributed by atoms with van der Waals surface area (Å²) in [4.78, 5) is 9.98. The van der Waals surface area contributed by atoms with Gasteiger partial charge in [-0.2, -0.15) is 0 Å². The third-order valence-electron chi connectivity index (χ3n) is 2.79. The molecule has 7 heteroatoms. The molecule has 2 aromatic heterocycles. The van der Waals surface area contributed by atoms with E-state index in [1.165, 1.54) is 0 Å². The third-order valence-corrected chi connectivity index (χ3v) is 6.82. The highest BCUT2D eigenvalue weighted by atomic mass is 79.9. The fourth-order valence-corrected chi connectivity index (χ4v) is 4.19. The zero-order chi connectivity index (χ0) is 15.0. The van der Waals surface area contributed by atoms with E-state index in [2.05, 4.69) is 57.8 Å². The normalized spacial score (nSPS) is 10.8. The molecule has 0 amide bonds. The average molecular weight is 490 g/mol. The Kier molecular flexibility index (Phi) is 4.44. The summed E-state index contributed by atoms with van der Waals surface area (Å²) < 4.78 is 2.70. The molecule has 21 heavy (non-hydrogen) atoms. The summed E-state index contributed by atoms with van der Waals surface area (Å²) in [6.07, 6.45) is 0. The van der Waals surface area contributed by atoms with Crippen LogP contribution in [0.2, 0.25) is 0 Å². The lowest BCUT2D eigenvalue weighted by atomic mass is 10.1. The molecule has 2 N–H and O–H groups in total. The highest BCUT2D eigenvalue weighted by Gasteiger charge is 2.15. The van der Waals surface area contributed by atoms with Crippen LogP contribution in [0.4, 0.5) is 5.82 Å². The van der Waals surface area contributed by atoms with Gasteiger partial charge in [-0.15, -0.1) is 11.3 Å². The van der Waals surface area contributed by atoms with Crippen LogP contribution in [0.3, 0.4) is 0 Å². The van der Waals surface area contributed by atoms with Crippen LogP contribution >= 0.6 is 59.1 Å². The van der Waals surface area contributed by atoms with Crippen molar-refractivity contribution in [1.82, 2.24) is 9.97 Å². The third kappa shape index (κ3) is 3.06. The lowest BCUT2D eigenvalue weighted by Gasteiger charge is -2.08. The van der Waals surface area contributed by atoms with Crippen molar-refractivity contribution in [1.29, 1.82) is 0 Å². The van der Waals surface area contributed by atoms with Crippen molar-refractivity contribution in [3.05, 3.63) is 49.1 Å². The molecule has 0 unspecified atom stereocenters. The summed E-state index contributed by atoms with van der Waals surface area (Å²) in [5.74, 6) is 1.05. The molecule has 0 bridgehead atoms. The Balaban J connectivity index is 2.18. The number of rotatable bonds is 2. The minimum atomic E-state index is 0.430. The number of nitrogen functional groups attached to an aromatic ring is 1. The fourth-order valence-electron chi connectivity index (χ4n) is 1.82. The van der Waals surface area contributed by atoms with Crippen molar-refractivity contribution >= 4 is 64.9 Å². The number of halogens is 3. The summed E-state index contributed by atoms with van der Waals surface area (Å²) >= 11 is 12.0. The molecule has 3 aromatic rings. The highest BCUT2D eigenvalue weighted by Crippen LogP contribution is 2.39. The van der Waals surface area contributed by atoms with Crippen LogP contribution in [-0.4, -0.2) is 9.97 Å². The van der Waals surface area contributed by atoms with Gasteiger partial charge in [0.2, 0.25) is 0 Å². The lowest BCUT2D eigenvalue weighted by molar-refractivity contribution is 1.18. The van der Waals surface area contributed by atoms with Crippen molar-refractivity contribution < 1.29 is 0 Å². The first-order valence-electron chi connectivity index (χ1n) is 5.90. The quantitative estimate of drug-likeness (QED) is 0.499. The topological polar surface area (TPSA) is 51.8 Å². The number of hydrogen-bond donors (Lipinski definition) is 1. The largest absolute Gasteiger partial charge is 0.383 e. The minimum Gasteiger partial charge on any atom is -0.383 e. The predicted octanol–water partition coefficient (Wildman–Crippen LogP) is 5.74. The first-order chi connectivity index (χ1) is 10.1. The zero-order valence-corrected chi connectivity index (χ0v) is 16.1. The molecule has 0 fully saturated rings. The number of hydrogen-bond acceptors (Lipinski definition) is 4. The molecule has 3 nitrogen and oxygen atoms in total. The van der Waals surface area contributed by atoms with Crippen LogP contribution in [0.1, 0.15) is 0 Å². The van der Waals surface area contributed by atoms with Gasteiger partial charge in [0.1, 0.15) is 5.82 Å². The molecule has 2 heterocycles. The zero-order valence-electron chi connectivity index (χ0n) is 10.5. The first kappa shape index (κ1) is 15.1. The standard InChI is InChI=1S/C14H8Br3N3S/c15-8-6-9(21-12(8)17)14-19-11(10(16)13(18)20-14)7-4-2-1-3-5-7/h1-6H,(H2,18,19,20). The number of thiophene rings is 1. The Morgan fingerprint density at radius 3 is 2.33 bits per heavy atom. The van der Waals surface area contributed by atoms with Gasteiger partial charge in [-0.1, -0.05) is 30.3 Å². The number of nitrogens with zero attached hydrogens (tertiary/aromatic N) is 2. The summed E-state index contributed by atoms with van der Waals surface area (Å²) in [7, 11) is 0. The Bertz CT molecular complexity index is 783. The van der Waals surface area contributed by atoms with Crippen molar-refractivity contribution in [2.45, 2.75) is 0 Å². The Labute approximate surface area is 151 Å². The molecule has 0 saturated carbocycles. The van der Waals surface area contributed by atoms with Crippen LogP contribution in [0.25, 0.3) is 22.0 Å². The van der Waals surface area contributed by atoms with E-state index in [1.54, 1.807) is 11.3 Å². The van der Waals surface area contributed by atoms with Gasteiger partial charge in [-0.25, -0.2) is 9.97 Å². The van der Waals surface area contributed by atoms with Gasteiger partial charge in [0.25, 0.3) is 0 Å². The van der Waals surface area contributed by atoms with Gasteiger partial charge in [-0.05, 0) is 53.9 Å². The maximum atomic E-state index is 6.02. The molecule has 0 aliphatic carbocycles. The van der Waals surface area contributed by atoms with E-state index in [0.29, 0.717) is 16.1 Å². The summed E-state index contributed by atoms with van der Waals surface area (Å²) in [5.41, 5.74) is 7.81. The fraction of sp³-hybridized carbons (Fsp3) is 0. The van der Waals surface area contributed by atoms with Crippen LogP contribution in [0.5, 0.6) is 0 Å². The number of nitrogens with two attached hydrogens (primary N) is 1. The molecule has 0 radical (unpaired) electrons. The monoisotopic (exact) mass is 487 g/mol. The van der Waals surface area contributed by atoms with Gasteiger partial charge in [-0.3, -0.25) is 0 Å². The number of benzene rings is 1. The minimum absolute atomic E-state index is 0.430. The molecule has 106 valence electrons. The van der Waals surface area contributed by atoms with Crippen molar-refractivity contribution in [2.75, 3.05) is 5.73 Å². The molecular weight excluding hydrogens is 482 g/mol. The molecule has 0 aliphatic rings. The van der Waals surface area contributed by atoms with Crippen LogP contribution in [0.15, 0.2) is 49.1 Å². The lowest BCUT2D eigenvalue weighted by Crippen LogP contribution is -1.99. The smallest absolute Gasteiger partial charge is 0.172 e. The van der Waals surface area contributed by atoms with E-state index in [4.69, 9.17) is 5.73 Å². The number of anilines is 1. The van der Waals surface area contributed by atoms with Crippen LogP contribution < -0.4 is 5.73 Å². The Morgan fingerprint density at radius 1 is 1.00 bits per heavy atom. The van der Waals surface area contributed by atoms with Crippen molar-refractivity contribution in [2.24, 2.45) is 0 Å². The summed E-state index contributed by atoms with van der Waals surface area (Å²) in [6, 6.07) is 11.9. The van der Waals surface area contributed by atoms with Crippen LogP contribution in [-0.2, 0) is 0 Å². The molecule has 1 aromatic carbocycles. The molecule has 0 saturated heterocycles. The predicted molar refractivity (Wildman–Crippen MR) is 98.3 cm³/mol. The average Bonchev–Trinajstić information content (AvgIpc) is 2.82.